The van der Waals surface area contributed by atoms with Crippen molar-refractivity contribution in [2.75, 3.05) is 4.72 Å². The van der Waals surface area contributed by atoms with Crippen LogP contribution in [0.1, 0.15) is 11.5 Å². The summed E-state index contributed by atoms with van der Waals surface area (Å²) in [4.78, 5) is 0.0985. The van der Waals surface area contributed by atoms with E-state index in [2.05, 4.69) is 9.88 Å². The number of hydrogen-bond donors (Lipinski definition) is 1. The molecule has 0 amide bonds. The maximum Gasteiger partial charge on any atom is 0.267 e. The topological polar surface area (TPSA) is 72.2 Å². The molecule has 0 saturated carbocycles. The summed E-state index contributed by atoms with van der Waals surface area (Å²) in [5.74, 6) is 0.283. The summed E-state index contributed by atoms with van der Waals surface area (Å²) in [6.45, 7) is 3.16. The number of nitrogens with one attached hydrogen (secondary N) is 1. The highest BCUT2D eigenvalue weighted by molar-refractivity contribution is 7.92. The molecule has 6 heteroatoms. The molecular weight excluding hydrogens is 240 g/mol. The SMILES string of the molecule is Cc1noc(C)c1S(=O)(=O)Nc1ccccc1. The number of para-hydroxylation sites is 1. The Bertz CT molecular complexity index is 598. The van der Waals surface area contributed by atoms with E-state index >= 15 is 0 Å². The van der Waals surface area contributed by atoms with Gasteiger partial charge in [-0.3, -0.25) is 4.72 Å². The molecule has 90 valence electrons. The maximum absolute atomic E-state index is 12.1. The predicted molar refractivity (Wildman–Crippen MR) is 63.2 cm³/mol. The quantitative estimate of drug-likeness (QED) is 0.907. The number of hydrogen-bond acceptors (Lipinski definition) is 4. The lowest BCUT2D eigenvalue weighted by atomic mass is 10.3. The Morgan fingerprint density at radius 1 is 1.18 bits per heavy atom. The predicted octanol–water partition coefficient (Wildman–Crippen LogP) is 2.09. The first kappa shape index (κ1) is 11.7. The van der Waals surface area contributed by atoms with E-state index in [4.69, 9.17) is 4.52 Å². The summed E-state index contributed by atoms with van der Waals surface area (Å²) >= 11 is 0. The molecule has 1 heterocycles. The second-order valence-electron chi connectivity index (χ2n) is 3.62. The van der Waals surface area contributed by atoms with E-state index in [1.807, 2.05) is 6.07 Å². The lowest BCUT2D eigenvalue weighted by molar-refractivity contribution is 0.390. The first-order valence-corrected chi connectivity index (χ1v) is 6.50. The highest BCUT2D eigenvalue weighted by Gasteiger charge is 2.23. The van der Waals surface area contributed by atoms with Crippen LogP contribution in [-0.4, -0.2) is 13.6 Å². The molecule has 0 unspecified atom stereocenters. The van der Waals surface area contributed by atoms with Gasteiger partial charge in [0.05, 0.1) is 0 Å². The summed E-state index contributed by atoms with van der Waals surface area (Å²) in [5.41, 5.74) is 0.860. The molecule has 17 heavy (non-hydrogen) atoms. The maximum atomic E-state index is 12.1. The van der Waals surface area contributed by atoms with Crippen molar-refractivity contribution in [2.24, 2.45) is 0 Å². The number of anilines is 1. The van der Waals surface area contributed by atoms with Gasteiger partial charge in [0, 0.05) is 5.69 Å². The molecule has 0 radical (unpaired) electrons. The highest BCUT2D eigenvalue weighted by Crippen LogP contribution is 2.21. The number of rotatable bonds is 3. The Kier molecular flexibility index (Phi) is 2.89. The molecule has 0 spiro atoms. The van der Waals surface area contributed by atoms with Gasteiger partial charge in [-0.15, -0.1) is 0 Å². The smallest absolute Gasteiger partial charge is 0.267 e. The molecule has 0 aliphatic carbocycles. The normalized spacial score (nSPS) is 11.4. The molecule has 2 rings (SSSR count). The van der Waals surface area contributed by atoms with Crippen molar-refractivity contribution in [3.8, 4) is 0 Å². The summed E-state index contributed by atoms with van der Waals surface area (Å²) in [6.07, 6.45) is 0. The van der Waals surface area contributed by atoms with Gasteiger partial charge in [-0.25, -0.2) is 8.42 Å². The van der Waals surface area contributed by atoms with Crippen LogP contribution in [-0.2, 0) is 10.0 Å². The minimum atomic E-state index is -3.64. The largest absolute Gasteiger partial charge is 0.360 e. The van der Waals surface area contributed by atoms with Crippen molar-refractivity contribution >= 4 is 15.7 Å². The third kappa shape index (κ3) is 2.31. The Morgan fingerprint density at radius 3 is 2.35 bits per heavy atom. The molecule has 1 aromatic carbocycles. The van der Waals surface area contributed by atoms with Crippen LogP contribution in [0.3, 0.4) is 0 Å². The van der Waals surface area contributed by atoms with Gasteiger partial charge in [-0.1, -0.05) is 23.4 Å². The van der Waals surface area contributed by atoms with Crippen molar-refractivity contribution in [1.82, 2.24) is 5.16 Å². The Balaban J connectivity index is 2.39. The first-order chi connectivity index (χ1) is 8.00. The molecular formula is C11H12N2O3S. The van der Waals surface area contributed by atoms with E-state index in [1.54, 1.807) is 38.1 Å². The van der Waals surface area contributed by atoms with E-state index in [9.17, 15) is 8.42 Å². The van der Waals surface area contributed by atoms with Crippen LogP contribution < -0.4 is 4.72 Å². The highest BCUT2D eigenvalue weighted by atomic mass is 32.2. The zero-order chi connectivity index (χ0) is 12.5. The average Bonchev–Trinajstić information content (AvgIpc) is 2.59. The van der Waals surface area contributed by atoms with Crippen molar-refractivity contribution in [1.29, 1.82) is 0 Å². The van der Waals surface area contributed by atoms with E-state index in [-0.39, 0.29) is 10.7 Å². The van der Waals surface area contributed by atoms with Crippen LogP contribution in [0.2, 0.25) is 0 Å². The Hall–Kier alpha value is -1.82. The summed E-state index contributed by atoms with van der Waals surface area (Å²) in [5, 5.41) is 3.63. The molecule has 1 aromatic heterocycles. The Labute approximate surface area is 99.5 Å². The number of benzene rings is 1. The molecule has 0 aliphatic heterocycles. The van der Waals surface area contributed by atoms with E-state index in [1.165, 1.54) is 0 Å². The fourth-order valence-corrected chi connectivity index (χ4v) is 2.96. The van der Waals surface area contributed by atoms with Crippen molar-refractivity contribution in [2.45, 2.75) is 18.7 Å². The van der Waals surface area contributed by atoms with Crippen LogP contribution in [0.15, 0.2) is 39.8 Å². The van der Waals surface area contributed by atoms with E-state index < -0.39 is 10.0 Å². The van der Waals surface area contributed by atoms with Crippen molar-refractivity contribution in [3.05, 3.63) is 41.8 Å². The summed E-state index contributed by atoms with van der Waals surface area (Å²) in [6, 6.07) is 8.68. The zero-order valence-corrected chi connectivity index (χ0v) is 10.3. The van der Waals surface area contributed by atoms with E-state index in [0.717, 1.165) is 0 Å². The van der Waals surface area contributed by atoms with Crippen LogP contribution in [0.5, 0.6) is 0 Å². The van der Waals surface area contributed by atoms with Gasteiger partial charge in [-0.05, 0) is 26.0 Å². The third-order valence-electron chi connectivity index (χ3n) is 2.26. The van der Waals surface area contributed by atoms with Gasteiger partial charge in [0.2, 0.25) is 0 Å². The molecule has 0 atom stereocenters. The minimum Gasteiger partial charge on any atom is -0.360 e. The van der Waals surface area contributed by atoms with Crippen LogP contribution in [0, 0.1) is 13.8 Å². The van der Waals surface area contributed by atoms with Gasteiger partial charge in [0.15, 0.2) is 10.7 Å². The van der Waals surface area contributed by atoms with Crippen LogP contribution in [0.25, 0.3) is 0 Å². The third-order valence-corrected chi connectivity index (χ3v) is 3.89. The molecule has 0 bridgehead atoms. The molecule has 5 nitrogen and oxygen atoms in total. The minimum absolute atomic E-state index is 0.0985. The molecule has 0 saturated heterocycles. The fraction of sp³-hybridized carbons (Fsp3) is 0.182. The number of sulfonamides is 1. The van der Waals surface area contributed by atoms with Crippen LogP contribution in [0.4, 0.5) is 5.69 Å². The second-order valence-corrected chi connectivity index (χ2v) is 5.24. The first-order valence-electron chi connectivity index (χ1n) is 5.01. The van der Waals surface area contributed by atoms with Crippen LogP contribution >= 0.6 is 0 Å². The molecule has 1 N–H and O–H groups in total. The second kappa shape index (κ2) is 4.21. The number of aromatic nitrogens is 1. The Morgan fingerprint density at radius 2 is 1.82 bits per heavy atom. The monoisotopic (exact) mass is 252 g/mol. The summed E-state index contributed by atoms with van der Waals surface area (Å²) in [7, 11) is -3.64. The average molecular weight is 252 g/mol. The van der Waals surface area contributed by atoms with Crippen molar-refractivity contribution < 1.29 is 12.9 Å². The van der Waals surface area contributed by atoms with Crippen molar-refractivity contribution in [3.63, 3.8) is 0 Å². The van der Waals surface area contributed by atoms with Gasteiger partial charge in [0.1, 0.15) is 5.69 Å². The lowest BCUT2D eigenvalue weighted by Crippen LogP contribution is -2.14. The van der Waals surface area contributed by atoms with Gasteiger partial charge >= 0.3 is 0 Å². The molecule has 0 aliphatic rings. The molecule has 2 aromatic rings. The van der Waals surface area contributed by atoms with E-state index in [0.29, 0.717) is 11.4 Å². The lowest BCUT2D eigenvalue weighted by Gasteiger charge is -2.06. The fourth-order valence-electron chi connectivity index (χ4n) is 1.57. The number of aryl methyl sites for hydroxylation is 2. The standard InChI is InChI=1S/C11H12N2O3S/c1-8-11(9(2)16-12-8)17(14,15)13-10-6-4-3-5-7-10/h3-7,13H,1-2H3. The van der Waals surface area contributed by atoms with Gasteiger partial charge in [-0.2, -0.15) is 0 Å². The van der Waals surface area contributed by atoms with Gasteiger partial charge in [0.25, 0.3) is 10.0 Å². The zero-order valence-electron chi connectivity index (χ0n) is 9.47. The molecule has 0 fully saturated rings. The summed E-state index contributed by atoms with van der Waals surface area (Å²) < 4.78 is 31.5. The van der Waals surface area contributed by atoms with Gasteiger partial charge < -0.3 is 4.52 Å². The number of nitrogens with zero attached hydrogens (tertiary/aromatic N) is 1.